The summed E-state index contributed by atoms with van der Waals surface area (Å²) in [6.07, 6.45) is 8.44. The van der Waals surface area contributed by atoms with E-state index in [1.165, 1.54) is 12.8 Å². The summed E-state index contributed by atoms with van der Waals surface area (Å²) in [5, 5.41) is 0. The van der Waals surface area contributed by atoms with E-state index in [9.17, 15) is 9.59 Å². The highest BCUT2D eigenvalue weighted by molar-refractivity contribution is 5.75. The lowest BCUT2D eigenvalue weighted by molar-refractivity contribution is -0.269. The van der Waals surface area contributed by atoms with Gasteiger partial charge in [-0.3, -0.25) is 9.59 Å². The van der Waals surface area contributed by atoms with Gasteiger partial charge in [0.1, 0.15) is 6.10 Å². The summed E-state index contributed by atoms with van der Waals surface area (Å²) in [4.78, 5) is 24.8. The van der Waals surface area contributed by atoms with Crippen molar-refractivity contribution < 1.29 is 23.8 Å². The van der Waals surface area contributed by atoms with Gasteiger partial charge in [0.05, 0.1) is 12.0 Å². The lowest BCUT2D eigenvalue weighted by Crippen LogP contribution is -2.59. The highest BCUT2D eigenvalue weighted by atomic mass is 16.7. The van der Waals surface area contributed by atoms with Crippen LogP contribution in [0.15, 0.2) is 11.1 Å². The standard InChI is InChI=1S/C33H50O5/c1-18-17-33(20(3)19(2)28(35)38-33)37-27-16-24-23(31(8)15-12-22(18)32(27,31)9)10-11-25-29(5,6)26(36-21(4)34)13-14-30(24,25)7/h18-20,22,25-27H,10-17H2,1-9H3. The maximum Gasteiger partial charge on any atom is 0.311 e. The first-order valence-corrected chi connectivity index (χ1v) is 15.4. The first kappa shape index (κ1) is 26.8. The van der Waals surface area contributed by atoms with Crippen molar-refractivity contribution in [3.8, 4) is 0 Å². The van der Waals surface area contributed by atoms with Crippen molar-refractivity contribution in [3.63, 3.8) is 0 Å². The molecule has 6 aliphatic rings. The van der Waals surface area contributed by atoms with E-state index in [0.29, 0.717) is 17.8 Å². The van der Waals surface area contributed by atoms with Gasteiger partial charge in [-0.1, -0.05) is 66.5 Å². The van der Waals surface area contributed by atoms with E-state index in [0.717, 1.165) is 38.5 Å². The molecular formula is C33H50O5. The lowest BCUT2D eigenvalue weighted by Gasteiger charge is -2.63. The van der Waals surface area contributed by atoms with Gasteiger partial charge in [0.25, 0.3) is 0 Å². The van der Waals surface area contributed by atoms with Crippen LogP contribution in [0.2, 0.25) is 0 Å². The third-order valence-electron chi connectivity index (χ3n) is 13.8. The molecular weight excluding hydrogens is 476 g/mol. The Labute approximate surface area is 229 Å². The molecule has 0 amide bonds. The average Bonchev–Trinajstić information content (AvgIpc) is 3.18. The van der Waals surface area contributed by atoms with Crippen molar-refractivity contribution in [2.75, 3.05) is 0 Å². The van der Waals surface area contributed by atoms with Crippen molar-refractivity contribution in [2.45, 2.75) is 132 Å². The summed E-state index contributed by atoms with van der Waals surface area (Å²) in [6, 6.07) is 0. The van der Waals surface area contributed by atoms with E-state index in [-0.39, 0.29) is 57.6 Å². The van der Waals surface area contributed by atoms with Crippen molar-refractivity contribution in [1.82, 2.24) is 0 Å². The molecule has 11 atom stereocenters. The SMILES string of the molecule is CC(=O)OC1CCC2(C)C3=C(CCC2C1(C)C)C1(C)CCC2C(C)CC4(OC(=O)C(C)C4C)OC(C3)C21C. The van der Waals surface area contributed by atoms with E-state index >= 15 is 0 Å². The van der Waals surface area contributed by atoms with Crippen molar-refractivity contribution >= 4 is 11.9 Å². The van der Waals surface area contributed by atoms with Gasteiger partial charge in [-0.25, -0.2) is 0 Å². The second-order valence-electron chi connectivity index (χ2n) is 15.5. The first-order valence-electron chi connectivity index (χ1n) is 15.4. The third kappa shape index (κ3) is 3.15. The van der Waals surface area contributed by atoms with E-state index in [1.807, 2.05) is 6.92 Å². The van der Waals surface area contributed by atoms with Gasteiger partial charge in [0.2, 0.25) is 5.79 Å². The van der Waals surface area contributed by atoms with E-state index < -0.39 is 5.79 Å². The van der Waals surface area contributed by atoms with Crippen LogP contribution in [0.4, 0.5) is 0 Å². The highest BCUT2D eigenvalue weighted by Gasteiger charge is 2.70. The smallest absolute Gasteiger partial charge is 0.311 e. The Balaban J connectivity index is 1.45. The van der Waals surface area contributed by atoms with E-state index in [4.69, 9.17) is 14.2 Å². The molecule has 0 aromatic rings. The molecule has 0 aromatic carbocycles. The van der Waals surface area contributed by atoms with Gasteiger partial charge >= 0.3 is 11.9 Å². The number of allylic oxidation sites excluding steroid dienone is 1. The summed E-state index contributed by atoms with van der Waals surface area (Å²) in [5.74, 6) is 0.305. The normalized spacial score (nSPS) is 53.1. The van der Waals surface area contributed by atoms with Crippen LogP contribution in [0.25, 0.3) is 0 Å². The van der Waals surface area contributed by atoms with Crippen LogP contribution in [0, 0.1) is 51.2 Å². The molecule has 11 unspecified atom stereocenters. The van der Waals surface area contributed by atoms with Gasteiger partial charge in [-0.2, -0.15) is 0 Å². The second kappa shape index (κ2) is 8.10. The fourth-order valence-corrected chi connectivity index (χ4v) is 11.3. The molecule has 2 aliphatic heterocycles. The molecule has 2 saturated heterocycles. The summed E-state index contributed by atoms with van der Waals surface area (Å²) in [5.41, 5.74) is 3.45. The summed E-state index contributed by atoms with van der Waals surface area (Å²) in [6.45, 7) is 20.3. The van der Waals surface area contributed by atoms with E-state index in [2.05, 4.69) is 48.5 Å². The fraction of sp³-hybridized carbons (Fsp3) is 0.879. The van der Waals surface area contributed by atoms with Gasteiger partial charge in [0.15, 0.2) is 0 Å². The van der Waals surface area contributed by atoms with E-state index in [1.54, 1.807) is 18.1 Å². The zero-order valence-corrected chi connectivity index (χ0v) is 25.2. The molecule has 0 aromatic heterocycles. The Morgan fingerprint density at radius 3 is 2.32 bits per heavy atom. The molecule has 5 heteroatoms. The molecule has 4 fully saturated rings. The monoisotopic (exact) mass is 526 g/mol. The predicted octanol–water partition coefficient (Wildman–Crippen LogP) is 7.23. The van der Waals surface area contributed by atoms with Crippen LogP contribution in [0.1, 0.15) is 114 Å². The van der Waals surface area contributed by atoms with Crippen molar-refractivity contribution in [3.05, 3.63) is 11.1 Å². The number of carbonyl (C=O) groups is 2. The van der Waals surface area contributed by atoms with Crippen LogP contribution in [0.3, 0.4) is 0 Å². The molecule has 5 nitrogen and oxygen atoms in total. The summed E-state index contributed by atoms with van der Waals surface area (Å²) >= 11 is 0. The fourth-order valence-electron chi connectivity index (χ4n) is 11.3. The van der Waals surface area contributed by atoms with Crippen LogP contribution < -0.4 is 0 Å². The molecule has 1 spiro atoms. The second-order valence-corrected chi connectivity index (χ2v) is 15.5. The Bertz CT molecular complexity index is 1090. The van der Waals surface area contributed by atoms with Crippen LogP contribution in [0.5, 0.6) is 0 Å². The Kier molecular flexibility index (Phi) is 5.72. The maximum atomic E-state index is 12.8. The third-order valence-corrected chi connectivity index (χ3v) is 13.8. The Morgan fingerprint density at radius 2 is 1.68 bits per heavy atom. The predicted molar refractivity (Wildman–Crippen MR) is 146 cm³/mol. The first-order chi connectivity index (χ1) is 17.6. The topological polar surface area (TPSA) is 61.8 Å². The molecule has 38 heavy (non-hydrogen) atoms. The molecule has 2 heterocycles. The molecule has 4 aliphatic carbocycles. The Morgan fingerprint density at radius 1 is 0.974 bits per heavy atom. The number of fused-ring (bicyclic) bond motifs is 3. The number of esters is 2. The highest BCUT2D eigenvalue weighted by Crippen LogP contribution is 2.74. The van der Waals surface area contributed by atoms with Crippen LogP contribution in [-0.4, -0.2) is 29.9 Å². The number of rotatable bonds is 1. The molecule has 0 N–H and O–H groups in total. The molecule has 0 radical (unpaired) electrons. The van der Waals surface area contributed by atoms with Crippen LogP contribution in [-0.2, 0) is 23.8 Å². The quantitative estimate of drug-likeness (QED) is 0.266. The minimum absolute atomic E-state index is 0.0281. The van der Waals surface area contributed by atoms with Gasteiger partial charge in [0, 0.05) is 30.1 Å². The van der Waals surface area contributed by atoms with Gasteiger partial charge in [-0.05, 0) is 73.5 Å². The summed E-state index contributed by atoms with van der Waals surface area (Å²) in [7, 11) is 0. The number of hydrogen-bond donors (Lipinski definition) is 0. The number of carbonyl (C=O) groups excluding carboxylic acids is 2. The van der Waals surface area contributed by atoms with Gasteiger partial charge < -0.3 is 14.2 Å². The van der Waals surface area contributed by atoms with Crippen molar-refractivity contribution in [2.24, 2.45) is 51.2 Å². The lowest BCUT2D eigenvalue weighted by atomic mass is 9.42. The molecule has 6 rings (SSSR count). The summed E-state index contributed by atoms with van der Waals surface area (Å²) < 4.78 is 19.4. The van der Waals surface area contributed by atoms with Gasteiger partial charge in [-0.15, -0.1) is 0 Å². The average molecular weight is 527 g/mol. The Hall–Kier alpha value is -1.36. The van der Waals surface area contributed by atoms with Crippen molar-refractivity contribution in [1.29, 1.82) is 0 Å². The maximum absolute atomic E-state index is 12.8. The van der Waals surface area contributed by atoms with Crippen LogP contribution >= 0.6 is 0 Å². The zero-order chi connectivity index (χ0) is 27.6. The minimum atomic E-state index is -0.811. The number of ether oxygens (including phenoxy) is 3. The minimum Gasteiger partial charge on any atom is -0.462 e. The number of hydrogen-bond acceptors (Lipinski definition) is 5. The molecule has 2 saturated carbocycles. The zero-order valence-electron chi connectivity index (χ0n) is 25.2. The largest absolute Gasteiger partial charge is 0.462 e. The molecule has 0 bridgehead atoms. The molecule has 212 valence electrons.